The third-order valence-corrected chi connectivity index (χ3v) is 4.33. The van der Waals surface area contributed by atoms with E-state index < -0.39 is 17.2 Å². The minimum Gasteiger partial charge on any atom is -0.497 e. The number of esters is 1. The number of rotatable bonds is 4. The average molecular weight is 370 g/mol. The fourth-order valence-corrected chi connectivity index (χ4v) is 2.76. The smallest absolute Gasteiger partial charge is 0.344 e. The van der Waals surface area contributed by atoms with Crippen LogP contribution in [0.3, 0.4) is 0 Å². The molecule has 0 aliphatic carbocycles. The van der Waals surface area contributed by atoms with E-state index in [-0.39, 0.29) is 12.2 Å². The normalized spacial score (nSPS) is 10.8. The molecule has 3 aromatic rings. The molecule has 0 saturated carbocycles. The van der Waals surface area contributed by atoms with E-state index in [9.17, 15) is 14.4 Å². The van der Waals surface area contributed by atoms with Crippen molar-refractivity contribution >= 4 is 16.9 Å². The number of carbonyl (C=O) groups excluding carboxylic acids is 1. The van der Waals surface area contributed by atoms with E-state index in [4.69, 9.17) is 13.9 Å². The zero-order valence-corrected chi connectivity index (χ0v) is 15.4. The molecule has 0 N–H and O–H groups in total. The predicted molar refractivity (Wildman–Crippen MR) is 97.1 cm³/mol. The van der Waals surface area contributed by atoms with Gasteiger partial charge >= 0.3 is 11.6 Å². The molecular weight excluding hydrogens is 352 g/mol. The molecule has 3 rings (SSSR count). The number of benzene rings is 1. The first kappa shape index (κ1) is 18.4. The highest BCUT2D eigenvalue weighted by Gasteiger charge is 2.20. The third-order valence-electron chi connectivity index (χ3n) is 4.33. The van der Waals surface area contributed by atoms with Gasteiger partial charge in [0.1, 0.15) is 23.5 Å². The molecule has 0 fully saturated rings. The predicted octanol–water partition coefficient (Wildman–Crippen LogP) is 1.87. The molecule has 0 amide bonds. The molecule has 0 aliphatic heterocycles. The quantitative estimate of drug-likeness (QED) is 0.510. The molecule has 0 bridgehead atoms. The van der Waals surface area contributed by atoms with Crippen molar-refractivity contribution in [3.05, 3.63) is 67.4 Å². The van der Waals surface area contributed by atoms with E-state index in [2.05, 4.69) is 5.10 Å². The Morgan fingerprint density at radius 1 is 1.22 bits per heavy atom. The maximum absolute atomic E-state index is 12.5. The molecule has 8 heteroatoms. The number of ether oxygens (including phenoxy) is 2. The van der Waals surface area contributed by atoms with Gasteiger partial charge in [-0.05, 0) is 31.5 Å². The number of nitrogens with zero attached hydrogens (tertiary/aromatic N) is 2. The van der Waals surface area contributed by atoms with Crippen LogP contribution in [0.4, 0.5) is 0 Å². The van der Waals surface area contributed by atoms with Gasteiger partial charge in [0.15, 0.2) is 0 Å². The van der Waals surface area contributed by atoms with Crippen molar-refractivity contribution in [1.82, 2.24) is 9.78 Å². The number of fused-ring (bicyclic) bond motifs is 1. The second kappa shape index (κ2) is 7.06. The fourth-order valence-electron chi connectivity index (χ4n) is 2.76. The average Bonchev–Trinajstić information content (AvgIpc) is 2.64. The van der Waals surface area contributed by atoms with E-state index in [0.717, 1.165) is 4.68 Å². The lowest BCUT2D eigenvalue weighted by molar-refractivity contribution is 0.0469. The summed E-state index contributed by atoms with van der Waals surface area (Å²) in [4.78, 5) is 36.6. The lowest BCUT2D eigenvalue weighted by Gasteiger charge is -2.11. The second-order valence-corrected chi connectivity index (χ2v) is 6.04. The van der Waals surface area contributed by atoms with Crippen LogP contribution in [0.25, 0.3) is 11.0 Å². The van der Waals surface area contributed by atoms with E-state index in [1.807, 2.05) is 0 Å². The van der Waals surface area contributed by atoms with Crippen molar-refractivity contribution in [3.63, 3.8) is 0 Å². The molecule has 0 spiro atoms. The fraction of sp³-hybridized carbons (Fsp3) is 0.263. The first-order valence-corrected chi connectivity index (χ1v) is 8.14. The lowest BCUT2D eigenvalue weighted by atomic mass is 10.1. The maximum atomic E-state index is 12.5. The Labute approximate surface area is 153 Å². The number of aromatic nitrogens is 2. The van der Waals surface area contributed by atoms with E-state index >= 15 is 0 Å². The Kier molecular flexibility index (Phi) is 4.81. The van der Waals surface area contributed by atoms with Gasteiger partial charge in [-0.2, -0.15) is 5.10 Å². The van der Waals surface area contributed by atoms with Crippen LogP contribution in [0.5, 0.6) is 5.75 Å². The molecule has 0 aliphatic rings. The number of hydrogen-bond acceptors (Lipinski definition) is 7. The highest BCUT2D eigenvalue weighted by Crippen LogP contribution is 2.23. The minimum atomic E-state index is -0.770. The number of aryl methyl sites for hydroxylation is 2. The van der Waals surface area contributed by atoms with Crippen molar-refractivity contribution in [2.45, 2.75) is 20.5 Å². The van der Waals surface area contributed by atoms with E-state index in [0.29, 0.717) is 33.5 Å². The summed E-state index contributed by atoms with van der Waals surface area (Å²) in [5, 5.41) is 4.64. The van der Waals surface area contributed by atoms with Crippen LogP contribution in [0, 0.1) is 13.8 Å². The summed E-state index contributed by atoms with van der Waals surface area (Å²) in [5.41, 5.74) is 0.627. The van der Waals surface area contributed by atoms with Gasteiger partial charge in [0.2, 0.25) is 0 Å². The summed E-state index contributed by atoms with van der Waals surface area (Å²) < 4.78 is 16.7. The minimum absolute atomic E-state index is 0.0704. The lowest BCUT2D eigenvalue weighted by Crippen LogP contribution is -2.29. The Morgan fingerprint density at radius 3 is 2.67 bits per heavy atom. The maximum Gasteiger partial charge on any atom is 0.344 e. The topological polar surface area (TPSA) is 101 Å². The van der Waals surface area contributed by atoms with E-state index in [1.165, 1.54) is 20.2 Å². The van der Waals surface area contributed by atoms with Gasteiger partial charge in [-0.1, -0.05) is 0 Å². The van der Waals surface area contributed by atoms with Crippen LogP contribution >= 0.6 is 0 Å². The molecule has 0 radical (unpaired) electrons. The Morgan fingerprint density at radius 2 is 1.96 bits per heavy atom. The van der Waals surface area contributed by atoms with Gasteiger partial charge < -0.3 is 13.9 Å². The van der Waals surface area contributed by atoms with Gasteiger partial charge in [-0.25, -0.2) is 14.3 Å². The molecule has 2 heterocycles. The second-order valence-electron chi connectivity index (χ2n) is 6.04. The number of carbonyl (C=O) groups is 1. The van der Waals surface area contributed by atoms with Gasteiger partial charge in [0, 0.05) is 30.1 Å². The highest BCUT2D eigenvalue weighted by molar-refractivity contribution is 5.91. The Balaban J connectivity index is 1.95. The van der Waals surface area contributed by atoms with Crippen LogP contribution in [0.15, 0.2) is 38.3 Å². The molecule has 0 atom stereocenters. The molecule has 8 nitrogen and oxygen atoms in total. The molecule has 1 aromatic carbocycles. The molecule has 0 saturated heterocycles. The molecule has 27 heavy (non-hydrogen) atoms. The Bertz CT molecular complexity index is 1160. The zero-order valence-electron chi connectivity index (χ0n) is 15.4. The summed E-state index contributed by atoms with van der Waals surface area (Å²) in [7, 11) is 2.97. The van der Waals surface area contributed by atoms with Crippen molar-refractivity contribution in [2.75, 3.05) is 7.11 Å². The van der Waals surface area contributed by atoms with Crippen molar-refractivity contribution in [1.29, 1.82) is 0 Å². The first-order valence-electron chi connectivity index (χ1n) is 8.14. The van der Waals surface area contributed by atoms with Gasteiger partial charge in [0.05, 0.1) is 12.8 Å². The molecule has 140 valence electrons. The van der Waals surface area contributed by atoms with Crippen LogP contribution in [0.2, 0.25) is 0 Å². The summed E-state index contributed by atoms with van der Waals surface area (Å²) in [6.07, 6.45) is 0. The summed E-state index contributed by atoms with van der Waals surface area (Å²) in [6.45, 7) is 3.16. The van der Waals surface area contributed by atoms with Gasteiger partial charge in [-0.3, -0.25) is 4.79 Å². The number of methoxy groups -OCH3 is 1. The zero-order chi connectivity index (χ0) is 19.7. The van der Waals surface area contributed by atoms with Crippen molar-refractivity contribution < 1.29 is 18.7 Å². The van der Waals surface area contributed by atoms with E-state index in [1.54, 1.807) is 32.0 Å². The highest BCUT2D eigenvalue weighted by atomic mass is 16.5. The molecule has 2 aromatic heterocycles. The summed E-state index contributed by atoms with van der Waals surface area (Å²) in [6, 6.07) is 6.25. The van der Waals surface area contributed by atoms with Gasteiger partial charge in [0.25, 0.3) is 5.56 Å². The third kappa shape index (κ3) is 3.46. The Hall–Kier alpha value is -3.42. The van der Waals surface area contributed by atoms with Crippen LogP contribution in [0.1, 0.15) is 27.2 Å². The monoisotopic (exact) mass is 370 g/mol. The van der Waals surface area contributed by atoms with Crippen LogP contribution < -0.4 is 15.9 Å². The molecular formula is C19H18N2O6. The molecule has 0 unspecified atom stereocenters. The number of hydrogen-bond donors (Lipinski definition) is 0. The largest absolute Gasteiger partial charge is 0.497 e. The SMILES string of the molecule is COc1ccc2c(COC(=O)c3c(C)c(C)nn(C)c3=O)cc(=O)oc2c1. The first-order chi connectivity index (χ1) is 12.8. The summed E-state index contributed by atoms with van der Waals surface area (Å²) in [5.74, 6) is -0.236. The van der Waals surface area contributed by atoms with Crippen LogP contribution in [-0.4, -0.2) is 22.9 Å². The van der Waals surface area contributed by atoms with Gasteiger partial charge in [-0.15, -0.1) is 0 Å². The summed E-state index contributed by atoms with van der Waals surface area (Å²) >= 11 is 0. The van der Waals surface area contributed by atoms with Crippen LogP contribution in [-0.2, 0) is 18.4 Å². The standard InChI is InChI=1S/C19H18N2O6/c1-10-11(2)20-21(3)18(23)17(10)19(24)26-9-12-7-16(22)27-15-8-13(25-4)5-6-14(12)15/h5-8H,9H2,1-4H3. The van der Waals surface area contributed by atoms with Crippen molar-refractivity contribution in [2.24, 2.45) is 7.05 Å². The van der Waals surface area contributed by atoms with Crippen molar-refractivity contribution in [3.8, 4) is 5.75 Å².